The van der Waals surface area contributed by atoms with Gasteiger partial charge in [0.05, 0.1) is 0 Å². The van der Waals surface area contributed by atoms with E-state index >= 15 is 0 Å². The highest BCUT2D eigenvalue weighted by Gasteiger charge is 2.16. The van der Waals surface area contributed by atoms with Crippen molar-refractivity contribution in [2.24, 2.45) is 35.5 Å². The molecule has 0 heteroatoms. The minimum absolute atomic E-state index is 0. The Balaban J connectivity index is -0.000000196. The Morgan fingerprint density at radius 3 is 0.500 bits per heavy atom. The molecular formula is C34H76. The fourth-order valence-electron chi connectivity index (χ4n) is 6.30. The first-order valence-electron chi connectivity index (χ1n) is 15.9. The highest BCUT2D eigenvalue weighted by molar-refractivity contribution is 4.67. The molecule has 3 atom stereocenters. The molecule has 0 aliphatic heterocycles. The van der Waals surface area contributed by atoms with Gasteiger partial charge >= 0.3 is 0 Å². The molecule has 0 aliphatic rings. The van der Waals surface area contributed by atoms with E-state index in [0.717, 1.165) is 35.5 Å². The molecule has 0 aliphatic carbocycles. The van der Waals surface area contributed by atoms with Crippen molar-refractivity contribution in [2.45, 2.75) is 187 Å². The van der Waals surface area contributed by atoms with Gasteiger partial charge in [-0.1, -0.05) is 187 Å². The van der Waals surface area contributed by atoms with Gasteiger partial charge < -0.3 is 0 Å². The zero-order chi connectivity index (χ0) is 26.1. The van der Waals surface area contributed by atoms with Crippen LogP contribution in [-0.2, 0) is 0 Å². The third-order valence-corrected chi connectivity index (χ3v) is 8.70. The van der Waals surface area contributed by atoms with Crippen molar-refractivity contribution < 1.29 is 0 Å². The number of hydrogen-bond acceptors (Lipinski definition) is 0. The zero-order valence-electron chi connectivity index (χ0n) is 26.1. The molecule has 0 saturated carbocycles. The molecule has 0 amide bonds. The molecule has 0 heterocycles. The first-order chi connectivity index (χ1) is 15.9. The summed E-state index contributed by atoms with van der Waals surface area (Å²) in [6, 6.07) is 0. The van der Waals surface area contributed by atoms with Crippen LogP contribution in [0, 0.1) is 35.5 Å². The Labute approximate surface area is 222 Å². The molecule has 0 fully saturated rings. The van der Waals surface area contributed by atoms with Gasteiger partial charge in [-0.25, -0.2) is 0 Å². The van der Waals surface area contributed by atoms with Crippen molar-refractivity contribution >= 4 is 0 Å². The molecule has 0 spiro atoms. The van der Waals surface area contributed by atoms with Crippen LogP contribution in [-0.4, -0.2) is 0 Å². The largest absolute Gasteiger partial charge is 0.0776 e. The molecule has 3 unspecified atom stereocenters. The maximum absolute atomic E-state index is 2.33. The fraction of sp³-hybridized carbons (Fsp3) is 1.00. The molecule has 0 N–H and O–H groups in total. The molecule has 0 aromatic rings. The van der Waals surface area contributed by atoms with E-state index in [4.69, 9.17) is 0 Å². The van der Waals surface area contributed by atoms with Crippen LogP contribution in [0.15, 0.2) is 0 Å². The summed E-state index contributed by atoms with van der Waals surface area (Å²) < 4.78 is 0. The van der Waals surface area contributed by atoms with Crippen molar-refractivity contribution in [3.8, 4) is 0 Å². The predicted octanol–water partition coefficient (Wildman–Crippen LogP) is 13.4. The van der Waals surface area contributed by atoms with Gasteiger partial charge in [-0.3, -0.25) is 0 Å². The predicted molar refractivity (Wildman–Crippen MR) is 165 cm³/mol. The van der Waals surface area contributed by atoms with Crippen LogP contribution in [0.25, 0.3) is 0 Å². The molecule has 0 aromatic heterocycles. The molecule has 0 aromatic carbocycles. The molecule has 0 radical (unpaired) electrons. The minimum Gasteiger partial charge on any atom is -0.0776 e. The van der Waals surface area contributed by atoms with Crippen LogP contribution in [0.4, 0.5) is 0 Å². The van der Waals surface area contributed by atoms with E-state index in [1.54, 1.807) is 0 Å². The van der Waals surface area contributed by atoms with Crippen LogP contribution in [0.5, 0.6) is 0 Å². The monoisotopic (exact) mass is 485 g/mol. The van der Waals surface area contributed by atoms with Gasteiger partial charge in [0.1, 0.15) is 0 Å². The van der Waals surface area contributed by atoms with E-state index in [1.807, 2.05) is 0 Å². The Kier molecular flexibility index (Phi) is 37.5. The van der Waals surface area contributed by atoms with Crippen LogP contribution >= 0.6 is 0 Å². The Morgan fingerprint density at radius 2 is 0.412 bits per heavy atom. The topological polar surface area (TPSA) is 0 Å². The summed E-state index contributed by atoms with van der Waals surface area (Å²) in [6.45, 7) is 27.8. The Bertz CT molecular complexity index is 269. The van der Waals surface area contributed by atoms with Crippen molar-refractivity contribution in [2.75, 3.05) is 0 Å². The van der Waals surface area contributed by atoms with E-state index in [-0.39, 0.29) is 7.43 Å². The average Bonchev–Trinajstić information content (AvgIpc) is 2.85. The Morgan fingerprint density at radius 1 is 0.265 bits per heavy atom. The SMILES string of the molecule is C.CCCC(CC)C(CC)CC.CCCC(CC)C(CC)CC.CCCC(CC)C(CC)CC. The summed E-state index contributed by atoms with van der Waals surface area (Å²) in [5, 5.41) is 0. The Hall–Kier alpha value is 0. The molecule has 0 rings (SSSR count). The molecule has 34 heavy (non-hydrogen) atoms. The second-order valence-corrected chi connectivity index (χ2v) is 10.6. The molecule has 0 bridgehead atoms. The van der Waals surface area contributed by atoms with E-state index in [0.29, 0.717) is 0 Å². The average molecular weight is 485 g/mol. The zero-order valence-corrected chi connectivity index (χ0v) is 26.1. The first kappa shape index (κ1) is 41.1. The van der Waals surface area contributed by atoms with E-state index in [9.17, 15) is 0 Å². The van der Waals surface area contributed by atoms with Gasteiger partial charge in [0.15, 0.2) is 0 Å². The van der Waals surface area contributed by atoms with Crippen molar-refractivity contribution in [3.63, 3.8) is 0 Å². The third-order valence-electron chi connectivity index (χ3n) is 8.70. The highest BCUT2D eigenvalue weighted by atomic mass is 14.2. The van der Waals surface area contributed by atoms with Gasteiger partial charge in [-0.2, -0.15) is 0 Å². The van der Waals surface area contributed by atoms with Gasteiger partial charge in [-0.15, -0.1) is 0 Å². The van der Waals surface area contributed by atoms with Crippen LogP contribution in [0.3, 0.4) is 0 Å². The molecule has 0 saturated heterocycles. The first-order valence-corrected chi connectivity index (χ1v) is 15.9. The van der Waals surface area contributed by atoms with Gasteiger partial charge in [-0.05, 0) is 35.5 Å². The smallest absolute Gasteiger partial charge is 0.0389 e. The lowest BCUT2D eigenvalue weighted by atomic mass is 9.83. The van der Waals surface area contributed by atoms with Crippen molar-refractivity contribution in [1.29, 1.82) is 0 Å². The lowest BCUT2D eigenvalue weighted by Gasteiger charge is -2.23. The van der Waals surface area contributed by atoms with Gasteiger partial charge in [0, 0.05) is 0 Å². The van der Waals surface area contributed by atoms with E-state index < -0.39 is 0 Å². The van der Waals surface area contributed by atoms with Crippen LogP contribution in [0.1, 0.15) is 187 Å². The molecular weight excluding hydrogens is 408 g/mol. The quantitative estimate of drug-likeness (QED) is 0.181. The molecule has 212 valence electrons. The summed E-state index contributed by atoms with van der Waals surface area (Å²) in [5.74, 6) is 5.94. The van der Waals surface area contributed by atoms with E-state index in [1.165, 1.54) is 96.3 Å². The lowest BCUT2D eigenvalue weighted by molar-refractivity contribution is 0.284. The third kappa shape index (κ3) is 20.2. The highest BCUT2D eigenvalue weighted by Crippen LogP contribution is 2.28. The summed E-state index contributed by atoms with van der Waals surface area (Å²) in [5.41, 5.74) is 0. The van der Waals surface area contributed by atoms with Gasteiger partial charge in [0.25, 0.3) is 0 Å². The van der Waals surface area contributed by atoms with Crippen LogP contribution in [0.2, 0.25) is 0 Å². The summed E-state index contributed by atoms with van der Waals surface area (Å²) in [6.07, 6.45) is 20.7. The number of rotatable bonds is 18. The molecule has 0 nitrogen and oxygen atoms in total. The summed E-state index contributed by atoms with van der Waals surface area (Å²) in [4.78, 5) is 0. The number of hydrogen-bond donors (Lipinski definition) is 0. The fourth-order valence-corrected chi connectivity index (χ4v) is 6.30. The second kappa shape index (κ2) is 31.0. The standard InChI is InChI=1S/3C11H24.CH4/c3*1-5-9-11(8-4)10(6-2)7-3;/h3*10-11H,5-9H2,1-4H3;1H4. The summed E-state index contributed by atoms with van der Waals surface area (Å²) in [7, 11) is 0. The normalized spacial score (nSPS) is 13.5. The van der Waals surface area contributed by atoms with E-state index in [2.05, 4.69) is 83.1 Å². The van der Waals surface area contributed by atoms with Crippen molar-refractivity contribution in [1.82, 2.24) is 0 Å². The maximum Gasteiger partial charge on any atom is -0.0389 e. The lowest BCUT2D eigenvalue weighted by Crippen LogP contribution is -2.12. The van der Waals surface area contributed by atoms with Crippen molar-refractivity contribution in [3.05, 3.63) is 0 Å². The van der Waals surface area contributed by atoms with Crippen LogP contribution < -0.4 is 0 Å². The summed E-state index contributed by atoms with van der Waals surface area (Å²) >= 11 is 0. The van der Waals surface area contributed by atoms with Gasteiger partial charge in [0.2, 0.25) is 0 Å². The minimum atomic E-state index is 0. The second-order valence-electron chi connectivity index (χ2n) is 10.6. The maximum atomic E-state index is 2.33.